The third-order valence-corrected chi connectivity index (χ3v) is 3.26. The van der Waals surface area contributed by atoms with Crippen molar-refractivity contribution in [2.24, 2.45) is 4.99 Å². The van der Waals surface area contributed by atoms with Gasteiger partial charge in [0.05, 0.1) is 7.11 Å². The first kappa shape index (κ1) is 22.0. The van der Waals surface area contributed by atoms with Gasteiger partial charge in [0.15, 0.2) is 5.96 Å². The molecule has 0 unspecified atom stereocenters. The average Bonchev–Trinajstić information content (AvgIpc) is 2.51. The van der Waals surface area contributed by atoms with Gasteiger partial charge in [-0.2, -0.15) is 0 Å². The number of methoxy groups -OCH3 is 1. The number of hydrogen-bond acceptors (Lipinski definition) is 3. The minimum atomic E-state index is 0. The molecule has 1 aromatic rings. The molecule has 1 aromatic carbocycles. The zero-order valence-corrected chi connectivity index (χ0v) is 17.1. The lowest BCUT2D eigenvalue weighted by Gasteiger charge is -2.13. The zero-order chi connectivity index (χ0) is 16.2. The van der Waals surface area contributed by atoms with Crippen LogP contribution in [0, 0.1) is 0 Å². The molecule has 6 heteroatoms. The molecule has 0 aliphatic carbocycles. The van der Waals surface area contributed by atoms with E-state index in [1.807, 2.05) is 18.2 Å². The summed E-state index contributed by atoms with van der Waals surface area (Å²) in [4.78, 5) is 6.77. The molecule has 132 valence electrons. The molecule has 0 spiro atoms. The van der Waals surface area contributed by atoms with Gasteiger partial charge in [-0.1, -0.05) is 18.2 Å². The number of halogens is 1. The maximum atomic E-state index is 5.37. The maximum Gasteiger partial charge on any atom is 0.191 e. The molecule has 0 bridgehead atoms. The molecule has 0 amide bonds. The normalized spacial score (nSPS) is 11.1. The lowest BCUT2D eigenvalue weighted by molar-refractivity contribution is 0.403. The van der Waals surface area contributed by atoms with Crippen LogP contribution >= 0.6 is 24.0 Å². The molecule has 0 fully saturated rings. The molecule has 0 saturated carbocycles. The summed E-state index contributed by atoms with van der Waals surface area (Å²) >= 11 is 0. The number of rotatable bonds is 9. The molecule has 2 N–H and O–H groups in total. The van der Waals surface area contributed by atoms with Crippen molar-refractivity contribution in [3.8, 4) is 5.75 Å². The fraction of sp³-hybridized carbons (Fsp3) is 0.588. The maximum absolute atomic E-state index is 5.37. The minimum Gasteiger partial charge on any atom is -0.496 e. The van der Waals surface area contributed by atoms with Gasteiger partial charge in [-0.25, -0.2) is 0 Å². The number of nitrogens with one attached hydrogen (secondary N) is 2. The van der Waals surface area contributed by atoms with E-state index in [-0.39, 0.29) is 24.0 Å². The second-order valence-corrected chi connectivity index (χ2v) is 5.41. The van der Waals surface area contributed by atoms with Crippen LogP contribution in [-0.2, 0) is 6.42 Å². The Kier molecular flexibility index (Phi) is 12.8. The van der Waals surface area contributed by atoms with Gasteiger partial charge in [-0.3, -0.25) is 4.99 Å². The molecule has 0 saturated heterocycles. The van der Waals surface area contributed by atoms with E-state index < -0.39 is 0 Å². The Hall–Kier alpha value is -1.02. The zero-order valence-electron chi connectivity index (χ0n) is 14.8. The highest BCUT2D eigenvalue weighted by atomic mass is 127. The fourth-order valence-corrected chi connectivity index (χ4v) is 2.14. The highest BCUT2D eigenvalue weighted by Crippen LogP contribution is 2.17. The van der Waals surface area contributed by atoms with Crippen LogP contribution in [0.25, 0.3) is 0 Å². The van der Waals surface area contributed by atoms with Gasteiger partial charge >= 0.3 is 0 Å². The number of ether oxygens (including phenoxy) is 1. The number of aliphatic imine (C=N–C) groups is 1. The van der Waals surface area contributed by atoms with Crippen LogP contribution in [0.4, 0.5) is 0 Å². The largest absolute Gasteiger partial charge is 0.496 e. The third kappa shape index (κ3) is 9.65. The van der Waals surface area contributed by atoms with Gasteiger partial charge < -0.3 is 20.3 Å². The summed E-state index contributed by atoms with van der Waals surface area (Å²) in [6, 6.07) is 8.13. The highest BCUT2D eigenvalue weighted by Gasteiger charge is 2.02. The summed E-state index contributed by atoms with van der Waals surface area (Å²) in [5.74, 6) is 1.83. The molecular weight excluding hydrogens is 403 g/mol. The van der Waals surface area contributed by atoms with Gasteiger partial charge in [0.25, 0.3) is 0 Å². The van der Waals surface area contributed by atoms with Crippen molar-refractivity contribution in [3.05, 3.63) is 29.8 Å². The second-order valence-electron chi connectivity index (χ2n) is 5.41. The first-order valence-electron chi connectivity index (χ1n) is 7.96. The van der Waals surface area contributed by atoms with Gasteiger partial charge in [-0.05, 0) is 52.0 Å². The van der Waals surface area contributed by atoms with Crippen molar-refractivity contribution in [3.63, 3.8) is 0 Å². The molecule has 5 nitrogen and oxygen atoms in total. The smallest absolute Gasteiger partial charge is 0.191 e. The standard InChI is InChI=1S/C17H30N4O.HI/c1-5-18-17(19-12-8-14-21(2)3)20-13-11-15-9-6-7-10-16(15)22-4;/h6-7,9-10H,5,8,11-14H2,1-4H3,(H2,18,19,20);1H. The predicted molar refractivity (Wildman–Crippen MR) is 109 cm³/mol. The molecule has 23 heavy (non-hydrogen) atoms. The topological polar surface area (TPSA) is 48.9 Å². The Morgan fingerprint density at radius 3 is 2.61 bits per heavy atom. The summed E-state index contributed by atoms with van der Waals surface area (Å²) in [7, 11) is 5.88. The third-order valence-electron chi connectivity index (χ3n) is 3.26. The van der Waals surface area contributed by atoms with E-state index >= 15 is 0 Å². The van der Waals surface area contributed by atoms with E-state index in [0.717, 1.165) is 50.7 Å². The van der Waals surface area contributed by atoms with Gasteiger partial charge in [0, 0.05) is 19.6 Å². The number of benzene rings is 1. The van der Waals surface area contributed by atoms with Crippen LogP contribution in [0.3, 0.4) is 0 Å². The van der Waals surface area contributed by atoms with E-state index in [0.29, 0.717) is 0 Å². The molecular formula is C17H31IN4O. The Bertz CT molecular complexity index is 452. The summed E-state index contributed by atoms with van der Waals surface area (Å²) in [5, 5.41) is 6.66. The number of guanidine groups is 1. The van der Waals surface area contributed by atoms with Crippen LogP contribution in [0.5, 0.6) is 5.75 Å². The Balaban J connectivity index is 0.00000484. The number of nitrogens with zero attached hydrogens (tertiary/aromatic N) is 2. The van der Waals surface area contributed by atoms with E-state index in [9.17, 15) is 0 Å². The first-order valence-corrected chi connectivity index (χ1v) is 7.96. The van der Waals surface area contributed by atoms with Crippen LogP contribution in [-0.4, -0.2) is 58.2 Å². The Labute approximate surface area is 157 Å². The summed E-state index contributed by atoms with van der Waals surface area (Å²) < 4.78 is 5.37. The quantitative estimate of drug-likeness (QED) is 0.271. The van der Waals surface area contributed by atoms with Crippen molar-refractivity contribution in [2.45, 2.75) is 19.8 Å². The lowest BCUT2D eigenvalue weighted by atomic mass is 10.1. The van der Waals surface area contributed by atoms with Crippen molar-refractivity contribution in [1.29, 1.82) is 0 Å². The lowest BCUT2D eigenvalue weighted by Crippen LogP contribution is -2.38. The molecule has 0 aliphatic rings. The van der Waals surface area contributed by atoms with Crippen LogP contribution in [0.1, 0.15) is 18.9 Å². The van der Waals surface area contributed by atoms with Crippen molar-refractivity contribution in [1.82, 2.24) is 15.5 Å². The van der Waals surface area contributed by atoms with E-state index in [4.69, 9.17) is 4.74 Å². The SMILES string of the molecule is CCNC(=NCCCN(C)C)NCCc1ccccc1OC.I. The number of para-hydroxylation sites is 1. The van der Waals surface area contributed by atoms with Gasteiger partial charge in [0.1, 0.15) is 5.75 Å². The van der Waals surface area contributed by atoms with Crippen LogP contribution < -0.4 is 15.4 Å². The van der Waals surface area contributed by atoms with Crippen LogP contribution in [0.15, 0.2) is 29.3 Å². The van der Waals surface area contributed by atoms with Crippen molar-refractivity contribution >= 4 is 29.9 Å². The first-order chi connectivity index (χ1) is 10.7. The second kappa shape index (κ2) is 13.4. The molecule has 0 aromatic heterocycles. The van der Waals surface area contributed by atoms with Crippen molar-refractivity contribution < 1.29 is 4.74 Å². The molecule has 1 rings (SSSR count). The monoisotopic (exact) mass is 434 g/mol. The Morgan fingerprint density at radius 1 is 1.22 bits per heavy atom. The van der Waals surface area contributed by atoms with E-state index in [2.05, 4.69) is 47.6 Å². The summed E-state index contributed by atoms with van der Waals surface area (Å²) in [5.41, 5.74) is 1.21. The summed E-state index contributed by atoms with van der Waals surface area (Å²) in [6.07, 6.45) is 1.97. The van der Waals surface area contributed by atoms with Crippen molar-refractivity contribution in [2.75, 3.05) is 47.4 Å². The summed E-state index contributed by atoms with van der Waals surface area (Å²) in [6.45, 7) is 5.68. The Morgan fingerprint density at radius 2 is 1.96 bits per heavy atom. The predicted octanol–water partition coefficient (Wildman–Crippen LogP) is 2.36. The highest BCUT2D eigenvalue weighted by molar-refractivity contribution is 14.0. The molecule has 0 aliphatic heterocycles. The molecule has 0 atom stereocenters. The van der Waals surface area contributed by atoms with Gasteiger partial charge in [0.2, 0.25) is 0 Å². The van der Waals surface area contributed by atoms with E-state index in [1.165, 1.54) is 5.56 Å². The van der Waals surface area contributed by atoms with Crippen LogP contribution in [0.2, 0.25) is 0 Å². The number of hydrogen-bond donors (Lipinski definition) is 2. The van der Waals surface area contributed by atoms with E-state index in [1.54, 1.807) is 7.11 Å². The van der Waals surface area contributed by atoms with Gasteiger partial charge in [-0.15, -0.1) is 24.0 Å². The molecule has 0 radical (unpaired) electrons. The minimum absolute atomic E-state index is 0. The average molecular weight is 434 g/mol. The molecule has 0 heterocycles. The fourth-order valence-electron chi connectivity index (χ4n) is 2.14.